The number of anilines is 3. The van der Waals surface area contributed by atoms with Gasteiger partial charge < -0.3 is 15.0 Å². The molecular weight excluding hydrogens is 584 g/mol. The summed E-state index contributed by atoms with van der Waals surface area (Å²) in [5.41, 5.74) is -1.38. The fourth-order valence-corrected chi connectivity index (χ4v) is 4.93. The van der Waals surface area contributed by atoms with Crippen molar-refractivity contribution < 1.29 is 44.7 Å². The van der Waals surface area contributed by atoms with Crippen LogP contribution in [-0.2, 0) is 22.1 Å². The molecule has 212 valence electrons. The second-order valence-electron chi connectivity index (χ2n) is 8.04. The van der Waals surface area contributed by atoms with E-state index in [9.17, 15) is 35.2 Å². The minimum atomic E-state index is -5.08. The quantitative estimate of drug-likeness (QED) is 0.377. The number of nitrogens with zero attached hydrogens (tertiary/aromatic N) is 3. The summed E-state index contributed by atoms with van der Waals surface area (Å²) in [4.78, 5) is 25.2. The van der Waals surface area contributed by atoms with Gasteiger partial charge in [-0.25, -0.2) is 22.9 Å². The fourth-order valence-electron chi connectivity index (χ4n) is 3.34. The lowest BCUT2D eigenvalue weighted by Gasteiger charge is -2.19. The summed E-state index contributed by atoms with van der Waals surface area (Å²) in [5.74, 6) is -4.61. The molecular formula is C21H18ClF6N5O5S. The highest BCUT2D eigenvalue weighted by atomic mass is 35.5. The Bertz CT molecular complexity index is 1580. The van der Waals surface area contributed by atoms with E-state index < -0.39 is 51.4 Å². The number of carbonyl (C=O) groups is 1. The van der Waals surface area contributed by atoms with Crippen LogP contribution in [0, 0.1) is 11.6 Å². The average Bonchev–Trinajstić information content (AvgIpc) is 3.29. The summed E-state index contributed by atoms with van der Waals surface area (Å²) in [6, 6.07) is 4.66. The molecule has 3 aromatic rings. The zero-order valence-electron chi connectivity index (χ0n) is 19.6. The van der Waals surface area contributed by atoms with Crippen molar-refractivity contribution >= 4 is 55.7 Å². The highest BCUT2D eigenvalue weighted by molar-refractivity contribution is 7.90. The predicted octanol–water partition coefficient (Wildman–Crippen LogP) is 3.94. The topological polar surface area (TPSA) is 134 Å². The van der Waals surface area contributed by atoms with E-state index in [1.807, 2.05) is 0 Å². The summed E-state index contributed by atoms with van der Waals surface area (Å²) >= 11 is 6.21. The second kappa shape index (κ2) is 11.3. The van der Waals surface area contributed by atoms with Crippen LogP contribution >= 0.6 is 11.6 Å². The van der Waals surface area contributed by atoms with Crippen LogP contribution in [-0.4, -0.2) is 58.8 Å². The average molecular weight is 602 g/mol. The second-order valence-corrected chi connectivity index (χ2v) is 10.1. The summed E-state index contributed by atoms with van der Waals surface area (Å²) in [6.45, 7) is -0.309. The number of nitrogens with one attached hydrogen (secondary N) is 2. The molecule has 0 saturated carbocycles. The van der Waals surface area contributed by atoms with Gasteiger partial charge in [0.25, 0.3) is 5.56 Å². The molecule has 0 amide bonds. The molecule has 1 aliphatic heterocycles. The Morgan fingerprint density at radius 3 is 2.36 bits per heavy atom. The van der Waals surface area contributed by atoms with E-state index in [-0.39, 0.29) is 46.8 Å². The van der Waals surface area contributed by atoms with Gasteiger partial charge in [0.2, 0.25) is 0 Å². The van der Waals surface area contributed by atoms with Crippen molar-refractivity contribution in [2.75, 3.05) is 23.1 Å². The lowest BCUT2D eigenvalue weighted by atomic mass is 10.2. The van der Waals surface area contributed by atoms with Crippen LogP contribution in [0.4, 0.5) is 43.4 Å². The lowest BCUT2D eigenvalue weighted by Crippen LogP contribution is -2.34. The van der Waals surface area contributed by atoms with Crippen molar-refractivity contribution in [1.29, 1.82) is 0 Å². The van der Waals surface area contributed by atoms with Crippen LogP contribution in [0.15, 0.2) is 35.4 Å². The molecule has 39 heavy (non-hydrogen) atoms. The molecule has 0 unspecified atom stereocenters. The van der Waals surface area contributed by atoms with Gasteiger partial charge in [0.05, 0.1) is 33.9 Å². The highest BCUT2D eigenvalue weighted by Crippen LogP contribution is 2.37. The first-order valence-electron chi connectivity index (χ1n) is 10.6. The number of hydrogen-bond acceptors (Lipinski definition) is 6. The zero-order chi connectivity index (χ0) is 29.3. The summed E-state index contributed by atoms with van der Waals surface area (Å²) in [6.07, 6.45) is -5.04. The molecule has 0 aliphatic carbocycles. The summed E-state index contributed by atoms with van der Waals surface area (Å²) in [7, 11) is -2.73. The Kier molecular flexibility index (Phi) is 8.66. The van der Waals surface area contributed by atoms with E-state index in [0.717, 1.165) is 21.0 Å². The van der Waals surface area contributed by atoms with Gasteiger partial charge in [-0.05, 0) is 30.7 Å². The number of aliphatic carboxylic acids is 1. The Hall–Kier alpha value is -3.57. The van der Waals surface area contributed by atoms with Gasteiger partial charge in [0.15, 0.2) is 5.82 Å². The summed E-state index contributed by atoms with van der Waals surface area (Å²) in [5, 5.41) is 8.93. The van der Waals surface area contributed by atoms with Gasteiger partial charge in [0, 0.05) is 20.1 Å². The minimum absolute atomic E-state index is 0.00822. The molecule has 2 heterocycles. The Morgan fingerprint density at radius 1 is 1.18 bits per heavy atom. The number of aromatic nitrogens is 2. The number of alkyl halides is 4. The number of benzene rings is 2. The van der Waals surface area contributed by atoms with Crippen LogP contribution in [0.5, 0.6) is 0 Å². The highest BCUT2D eigenvalue weighted by Gasteiger charge is 2.38. The SMILES string of the molecule is Cn1cnc2ccc(Nc3c(F)ccc(NS(=O)(=O)N4CC[C@H](F)C4)c3Cl)c(F)c2c1=O.O=C(O)C(F)(F)F. The normalized spacial score (nSPS) is 16.1. The van der Waals surface area contributed by atoms with Crippen LogP contribution in [0.3, 0.4) is 0 Å². The Balaban J connectivity index is 0.000000532. The molecule has 1 fully saturated rings. The molecule has 1 saturated heterocycles. The molecule has 0 bridgehead atoms. The van der Waals surface area contributed by atoms with Gasteiger partial charge in [-0.1, -0.05) is 11.6 Å². The number of carboxylic acid groups (broad SMARTS) is 1. The molecule has 1 atom stereocenters. The van der Waals surface area contributed by atoms with Crippen molar-refractivity contribution in [2.24, 2.45) is 7.05 Å². The molecule has 4 rings (SSSR count). The van der Waals surface area contributed by atoms with Gasteiger partial charge in [-0.2, -0.15) is 25.9 Å². The van der Waals surface area contributed by atoms with E-state index in [1.165, 1.54) is 25.5 Å². The van der Waals surface area contributed by atoms with Crippen molar-refractivity contribution in [2.45, 2.75) is 18.8 Å². The van der Waals surface area contributed by atoms with Gasteiger partial charge in [-0.3, -0.25) is 9.52 Å². The molecule has 3 N–H and O–H groups in total. The third kappa shape index (κ3) is 6.72. The minimum Gasteiger partial charge on any atom is -0.475 e. The number of rotatable bonds is 5. The molecule has 0 spiro atoms. The molecule has 1 aliphatic rings. The number of fused-ring (bicyclic) bond motifs is 1. The van der Waals surface area contributed by atoms with Crippen molar-refractivity contribution in [3.8, 4) is 0 Å². The summed E-state index contributed by atoms with van der Waals surface area (Å²) < 4.78 is 104. The first-order valence-corrected chi connectivity index (χ1v) is 12.5. The molecule has 0 radical (unpaired) electrons. The fraction of sp³-hybridized carbons (Fsp3) is 0.286. The number of hydrogen-bond donors (Lipinski definition) is 3. The van der Waals surface area contributed by atoms with Crippen LogP contribution in [0.25, 0.3) is 10.9 Å². The van der Waals surface area contributed by atoms with E-state index in [1.54, 1.807) is 0 Å². The first-order chi connectivity index (χ1) is 18.0. The van der Waals surface area contributed by atoms with Gasteiger partial charge in [-0.15, -0.1) is 0 Å². The molecule has 10 nitrogen and oxygen atoms in total. The molecule has 1 aromatic heterocycles. The number of aryl methyl sites for hydroxylation is 1. The van der Waals surface area contributed by atoms with E-state index in [2.05, 4.69) is 15.0 Å². The van der Waals surface area contributed by atoms with Crippen molar-refractivity contribution in [1.82, 2.24) is 13.9 Å². The Morgan fingerprint density at radius 2 is 1.79 bits per heavy atom. The first kappa shape index (κ1) is 30.0. The van der Waals surface area contributed by atoms with Crippen LogP contribution in [0.2, 0.25) is 5.02 Å². The molecule has 2 aromatic carbocycles. The zero-order valence-corrected chi connectivity index (χ0v) is 21.1. The van der Waals surface area contributed by atoms with Gasteiger partial charge >= 0.3 is 22.4 Å². The van der Waals surface area contributed by atoms with Crippen LogP contribution in [0.1, 0.15) is 6.42 Å². The van der Waals surface area contributed by atoms with E-state index in [0.29, 0.717) is 0 Å². The van der Waals surface area contributed by atoms with Gasteiger partial charge in [0.1, 0.15) is 17.4 Å². The van der Waals surface area contributed by atoms with E-state index in [4.69, 9.17) is 21.5 Å². The van der Waals surface area contributed by atoms with Crippen molar-refractivity contribution in [3.63, 3.8) is 0 Å². The molecule has 18 heteroatoms. The van der Waals surface area contributed by atoms with Crippen LogP contribution < -0.4 is 15.6 Å². The standard InChI is InChI=1S/C19H17ClF3N5O3S.C2HF3O2/c1-27-9-24-12-4-5-14(17(23)15(12)19(27)29)25-18-11(22)2-3-13(16(18)20)26-32(30,31)28-7-6-10(21)8-28;3-2(4,5)1(6)7/h2-5,9-10,25-26H,6-8H2,1H3;(H,6,7)/t10-;/m0./s1. The van der Waals surface area contributed by atoms with E-state index >= 15 is 4.39 Å². The third-order valence-electron chi connectivity index (χ3n) is 5.29. The monoisotopic (exact) mass is 601 g/mol. The Labute approximate surface area is 221 Å². The maximum atomic E-state index is 15.0. The number of carboxylic acids is 1. The largest absolute Gasteiger partial charge is 0.490 e. The third-order valence-corrected chi connectivity index (χ3v) is 7.17. The lowest BCUT2D eigenvalue weighted by molar-refractivity contribution is -0.192. The van der Waals surface area contributed by atoms with Crippen molar-refractivity contribution in [3.05, 3.63) is 57.6 Å². The number of halogens is 7. The smallest absolute Gasteiger partial charge is 0.475 e. The predicted molar refractivity (Wildman–Crippen MR) is 129 cm³/mol. The maximum absolute atomic E-state index is 15.0. The maximum Gasteiger partial charge on any atom is 0.490 e.